The SMILES string of the molecule is O=C(NCc1cc2cc(Cl)ccc2o1)[C@H]1CC[C@H](C(=O)N[C@H]2C[C@@H](OC(F)(F)F)C2)CC1. The Hall–Kier alpha value is -2.26. The Labute approximate surface area is 187 Å². The Kier molecular flexibility index (Phi) is 6.67. The molecule has 10 heteroatoms. The van der Waals surface area contributed by atoms with Gasteiger partial charge in [0.15, 0.2) is 0 Å². The molecule has 32 heavy (non-hydrogen) atoms. The summed E-state index contributed by atoms with van der Waals surface area (Å²) in [4.78, 5) is 24.9. The second-order valence-electron chi connectivity index (χ2n) is 8.52. The summed E-state index contributed by atoms with van der Waals surface area (Å²) in [6, 6.07) is 6.87. The summed E-state index contributed by atoms with van der Waals surface area (Å²) in [5.41, 5.74) is 0.702. The number of halogens is 4. The number of rotatable bonds is 6. The molecule has 2 aliphatic carbocycles. The van der Waals surface area contributed by atoms with Gasteiger partial charge in [-0.15, -0.1) is 13.2 Å². The highest BCUT2D eigenvalue weighted by Crippen LogP contribution is 2.33. The van der Waals surface area contributed by atoms with Gasteiger partial charge in [0.05, 0.1) is 12.6 Å². The van der Waals surface area contributed by atoms with Crippen LogP contribution in [-0.2, 0) is 20.9 Å². The fourth-order valence-electron chi connectivity index (χ4n) is 4.38. The van der Waals surface area contributed by atoms with Gasteiger partial charge in [-0.2, -0.15) is 0 Å². The van der Waals surface area contributed by atoms with E-state index in [1.807, 2.05) is 6.07 Å². The van der Waals surface area contributed by atoms with Crippen molar-refractivity contribution >= 4 is 34.4 Å². The molecule has 0 atom stereocenters. The van der Waals surface area contributed by atoms with E-state index < -0.39 is 12.5 Å². The van der Waals surface area contributed by atoms with Crippen LogP contribution < -0.4 is 10.6 Å². The van der Waals surface area contributed by atoms with Crippen LogP contribution in [0.1, 0.15) is 44.3 Å². The van der Waals surface area contributed by atoms with Crippen LogP contribution in [0.15, 0.2) is 28.7 Å². The number of hydrogen-bond acceptors (Lipinski definition) is 4. The van der Waals surface area contributed by atoms with Gasteiger partial charge in [0.1, 0.15) is 11.3 Å². The van der Waals surface area contributed by atoms with Crippen LogP contribution in [0, 0.1) is 11.8 Å². The van der Waals surface area contributed by atoms with Crippen molar-refractivity contribution in [2.24, 2.45) is 11.8 Å². The molecule has 2 N–H and O–H groups in total. The van der Waals surface area contributed by atoms with E-state index in [4.69, 9.17) is 16.0 Å². The number of carbonyl (C=O) groups is 2. The highest BCUT2D eigenvalue weighted by atomic mass is 35.5. The molecule has 174 valence electrons. The maximum atomic E-state index is 12.5. The van der Waals surface area contributed by atoms with E-state index in [-0.39, 0.29) is 49.1 Å². The maximum absolute atomic E-state index is 12.5. The molecule has 2 aromatic rings. The molecule has 0 spiro atoms. The number of fused-ring (bicyclic) bond motifs is 1. The lowest BCUT2D eigenvalue weighted by molar-refractivity contribution is -0.351. The van der Waals surface area contributed by atoms with E-state index >= 15 is 0 Å². The first-order chi connectivity index (χ1) is 15.2. The first kappa shape index (κ1) is 22.9. The molecule has 6 nitrogen and oxygen atoms in total. The zero-order chi connectivity index (χ0) is 22.9. The van der Waals surface area contributed by atoms with Crippen molar-refractivity contribution in [2.45, 2.75) is 63.6 Å². The molecule has 0 saturated heterocycles. The number of furan rings is 1. The summed E-state index contributed by atoms with van der Waals surface area (Å²) in [7, 11) is 0. The minimum absolute atomic E-state index is 0.0755. The van der Waals surface area contributed by atoms with Crippen molar-refractivity contribution in [1.82, 2.24) is 10.6 Å². The normalized spacial score (nSPS) is 25.9. The lowest BCUT2D eigenvalue weighted by Crippen LogP contribution is -2.51. The summed E-state index contributed by atoms with van der Waals surface area (Å²) in [5, 5.41) is 7.17. The Balaban J connectivity index is 1.17. The molecule has 0 bridgehead atoms. The molecule has 1 aromatic carbocycles. The number of hydrogen-bond donors (Lipinski definition) is 2. The van der Waals surface area contributed by atoms with Crippen molar-refractivity contribution in [2.75, 3.05) is 0 Å². The van der Waals surface area contributed by atoms with E-state index in [0.29, 0.717) is 42.0 Å². The van der Waals surface area contributed by atoms with Gasteiger partial charge < -0.3 is 15.1 Å². The topological polar surface area (TPSA) is 80.6 Å². The summed E-state index contributed by atoms with van der Waals surface area (Å²) >= 11 is 5.97. The van der Waals surface area contributed by atoms with Crippen LogP contribution in [0.4, 0.5) is 13.2 Å². The highest BCUT2D eigenvalue weighted by molar-refractivity contribution is 6.31. The summed E-state index contributed by atoms with van der Waals surface area (Å²) < 4.78 is 46.2. The smallest absolute Gasteiger partial charge is 0.459 e. The minimum atomic E-state index is -4.64. The molecule has 0 aliphatic heterocycles. The van der Waals surface area contributed by atoms with Crippen molar-refractivity contribution in [1.29, 1.82) is 0 Å². The molecule has 0 unspecified atom stereocenters. The molecule has 2 aliphatic rings. The third-order valence-electron chi connectivity index (χ3n) is 6.18. The van der Waals surface area contributed by atoms with E-state index in [9.17, 15) is 22.8 Å². The monoisotopic (exact) mass is 472 g/mol. The zero-order valence-electron chi connectivity index (χ0n) is 17.2. The van der Waals surface area contributed by atoms with E-state index in [0.717, 1.165) is 5.39 Å². The van der Waals surface area contributed by atoms with Gasteiger partial charge >= 0.3 is 6.36 Å². The highest BCUT2D eigenvalue weighted by Gasteiger charge is 2.41. The van der Waals surface area contributed by atoms with Gasteiger partial charge in [0.2, 0.25) is 11.8 Å². The predicted octanol–water partition coefficient (Wildman–Crippen LogP) is 4.69. The standard InChI is InChI=1S/C22H24ClF3N2O4/c23-15-5-6-19-14(7-15)8-18(31-19)11-27-20(29)12-1-3-13(4-2-12)21(30)28-16-9-17(10-16)32-22(24,25)26/h5-8,12-13,16-17H,1-4,9-11H2,(H,27,29)(H,28,30)/t12-,13-,16-,17+. The van der Waals surface area contributed by atoms with Crippen molar-refractivity contribution in [3.05, 3.63) is 35.0 Å². The van der Waals surface area contributed by atoms with Gasteiger partial charge in [-0.1, -0.05) is 11.6 Å². The molecular formula is C22H24ClF3N2O4. The van der Waals surface area contributed by atoms with E-state index in [1.54, 1.807) is 18.2 Å². The minimum Gasteiger partial charge on any atom is -0.459 e. The van der Waals surface area contributed by atoms with E-state index in [2.05, 4.69) is 15.4 Å². The third kappa shape index (κ3) is 5.75. The molecule has 2 amide bonds. The lowest BCUT2D eigenvalue weighted by Gasteiger charge is -2.37. The van der Waals surface area contributed by atoms with Gasteiger partial charge in [-0.3, -0.25) is 14.3 Å². The van der Waals surface area contributed by atoms with Gasteiger partial charge in [0, 0.05) is 28.3 Å². The number of nitrogens with one attached hydrogen (secondary N) is 2. The maximum Gasteiger partial charge on any atom is 0.522 e. The number of ether oxygens (including phenoxy) is 1. The molecule has 2 saturated carbocycles. The van der Waals surface area contributed by atoms with Crippen LogP contribution in [-0.4, -0.2) is 30.3 Å². The Morgan fingerprint density at radius 3 is 2.38 bits per heavy atom. The van der Waals surface area contributed by atoms with Crippen molar-refractivity contribution in [3.63, 3.8) is 0 Å². The third-order valence-corrected chi connectivity index (χ3v) is 6.41. The van der Waals surface area contributed by atoms with Crippen LogP contribution in [0.2, 0.25) is 5.02 Å². The van der Waals surface area contributed by atoms with Crippen LogP contribution >= 0.6 is 11.6 Å². The number of alkyl halides is 3. The largest absolute Gasteiger partial charge is 0.522 e. The summed E-state index contributed by atoms with van der Waals surface area (Å²) in [6.45, 7) is 0.272. The average molecular weight is 473 g/mol. The lowest BCUT2D eigenvalue weighted by atomic mass is 9.80. The summed E-state index contributed by atoms with van der Waals surface area (Å²) in [5.74, 6) is 0.0126. The van der Waals surface area contributed by atoms with Gasteiger partial charge in [-0.05, 0) is 62.8 Å². The summed E-state index contributed by atoms with van der Waals surface area (Å²) in [6.07, 6.45) is -2.88. The average Bonchev–Trinajstić information content (AvgIpc) is 3.11. The first-order valence-electron chi connectivity index (χ1n) is 10.7. The van der Waals surface area contributed by atoms with E-state index in [1.165, 1.54) is 0 Å². The van der Waals surface area contributed by atoms with Crippen molar-refractivity contribution < 1.29 is 31.9 Å². The molecule has 1 aromatic heterocycles. The molecule has 0 radical (unpaired) electrons. The fraction of sp³-hybridized carbons (Fsp3) is 0.545. The number of carbonyl (C=O) groups excluding carboxylic acids is 2. The zero-order valence-corrected chi connectivity index (χ0v) is 18.0. The Morgan fingerprint density at radius 2 is 1.72 bits per heavy atom. The second-order valence-corrected chi connectivity index (χ2v) is 8.96. The number of benzene rings is 1. The first-order valence-corrected chi connectivity index (χ1v) is 11.0. The predicted molar refractivity (Wildman–Crippen MR) is 111 cm³/mol. The molecular weight excluding hydrogens is 449 g/mol. The van der Waals surface area contributed by atoms with Crippen LogP contribution in [0.3, 0.4) is 0 Å². The number of amides is 2. The van der Waals surface area contributed by atoms with Crippen LogP contribution in [0.5, 0.6) is 0 Å². The van der Waals surface area contributed by atoms with Crippen LogP contribution in [0.25, 0.3) is 11.0 Å². The molecule has 1 heterocycles. The van der Waals surface area contributed by atoms with Crippen molar-refractivity contribution in [3.8, 4) is 0 Å². The van der Waals surface area contributed by atoms with Gasteiger partial charge in [0.25, 0.3) is 0 Å². The molecule has 4 rings (SSSR count). The van der Waals surface area contributed by atoms with Gasteiger partial charge in [-0.25, -0.2) is 0 Å². The molecule has 2 fully saturated rings. The Morgan fingerprint density at radius 1 is 1.06 bits per heavy atom. The Bertz CT molecular complexity index is 979. The quantitative estimate of drug-likeness (QED) is 0.639. The fourth-order valence-corrected chi connectivity index (χ4v) is 4.56. The second kappa shape index (κ2) is 9.31.